The van der Waals surface area contributed by atoms with Gasteiger partial charge in [-0.2, -0.15) is 5.10 Å². The van der Waals surface area contributed by atoms with Crippen LogP contribution in [-0.2, 0) is 6.54 Å². The second kappa shape index (κ2) is 6.57. The van der Waals surface area contributed by atoms with Crippen LogP contribution in [0.5, 0.6) is 5.75 Å². The molecule has 0 saturated heterocycles. The summed E-state index contributed by atoms with van der Waals surface area (Å²) >= 11 is 0. The molecule has 2 atom stereocenters. The van der Waals surface area contributed by atoms with Gasteiger partial charge in [0.25, 0.3) is 0 Å². The van der Waals surface area contributed by atoms with Gasteiger partial charge in [-0.25, -0.2) is 0 Å². The second-order valence-corrected chi connectivity index (χ2v) is 4.98. The van der Waals surface area contributed by atoms with Crippen molar-refractivity contribution >= 4 is 0 Å². The lowest BCUT2D eigenvalue weighted by atomic mass is 10.1. The Kier molecular flexibility index (Phi) is 4.79. The largest absolute Gasteiger partial charge is 0.496 e. The molecule has 0 aliphatic heterocycles. The van der Waals surface area contributed by atoms with Crippen molar-refractivity contribution in [2.24, 2.45) is 0 Å². The van der Waals surface area contributed by atoms with Gasteiger partial charge in [0.2, 0.25) is 0 Å². The molecule has 4 heteroatoms. The lowest BCUT2D eigenvalue weighted by molar-refractivity contribution is 0.396. The minimum Gasteiger partial charge on any atom is -0.496 e. The smallest absolute Gasteiger partial charge is 0.123 e. The molecule has 0 spiro atoms. The number of ether oxygens (including phenoxy) is 1. The standard InChI is InChI=1S/C16H23N3O/c1-5-19-11-14(10-17-19)12(2)18-13(3)15-8-6-7-9-16(15)20-4/h6-13,18H,5H2,1-4H3. The van der Waals surface area contributed by atoms with Gasteiger partial charge in [-0.1, -0.05) is 18.2 Å². The van der Waals surface area contributed by atoms with Crippen LogP contribution in [0.1, 0.15) is 44.0 Å². The fourth-order valence-corrected chi connectivity index (χ4v) is 2.36. The highest BCUT2D eigenvalue weighted by Gasteiger charge is 2.15. The average molecular weight is 273 g/mol. The predicted molar refractivity (Wildman–Crippen MR) is 80.9 cm³/mol. The van der Waals surface area contributed by atoms with Crippen LogP contribution in [0.3, 0.4) is 0 Å². The quantitative estimate of drug-likeness (QED) is 0.877. The van der Waals surface area contributed by atoms with E-state index in [0.29, 0.717) is 0 Å². The van der Waals surface area contributed by atoms with Gasteiger partial charge in [-0.05, 0) is 26.8 Å². The van der Waals surface area contributed by atoms with Gasteiger partial charge in [0.05, 0.1) is 13.3 Å². The van der Waals surface area contributed by atoms with E-state index in [1.165, 1.54) is 11.1 Å². The fourth-order valence-electron chi connectivity index (χ4n) is 2.36. The van der Waals surface area contributed by atoms with Gasteiger partial charge >= 0.3 is 0 Å². The van der Waals surface area contributed by atoms with Crippen LogP contribution in [0.15, 0.2) is 36.7 Å². The van der Waals surface area contributed by atoms with E-state index in [1.54, 1.807) is 7.11 Å². The van der Waals surface area contributed by atoms with Gasteiger partial charge in [-0.15, -0.1) is 0 Å². The molecule has 20 heavy (non-hydrogen) atoms. The number of benzene rings is 1. The van der Waals surface area contributed by atoms with E-state index in [9.17, 15) is 0 Å². The first kappa shape index (κ1) is 14.6. The first-order valence-electron chi connectivity index (χ1n) is 7.07. The van der Waals surface area contributed by atoms with Gasteiger partial charge in [0.15, 0.2) is 0 Å². The molecule has 4 nitrogen and oxygen atoms in total. The molecule has 0 amide bonds. The number of rotatable bonds is 6. The van der Waals surface area contributed by atoms with E-state index < -0.39 is 0 Å². The Balaban J connectivity index is 2.08. The summed E-state index contributed by atoms with van der Waals surface area (Å²) in [6.07, 6.45) is 4.02. The van der Waals surface area contributed by atoms with Crippen molar-refractivity contribution < 1.29 is 4.74 Å². The maximum atomic E-state index is 5.42. The van der Waals surface area contributed by atoms with Gasteiger partial charge in [0.1, 0.15) is 5.75 Å². The van der Waals surface area contributed by atoms with Crippen molar-refractivity contribution in [3.8, 4) is 5.75 Å². The third kappa shape index (κ3) is 3.20. The highest BCUT2D eigenvalue weighted by atomic mass is 16.5. The van der Waals surface area contributed by atoms with Crippen molar-refractivity contribution in [1.82, 2.24) is 15.1 Å². The van der Waals surface area contributed by atoms with Crippen LogP contribution >= 0.6 is 0 Å². The number of aromatic nitrogens is 2. The number of hydrogen-bond donors (Lipinski definition) is 1. The van der Waals surface area contributed by atoms with E-state index in [1.807, 2.05) is 29.1 Å². The zero-order chi connectivity index (χ0) is 14.5. The first-order chi connectivity index (χ1) is 9.65. The Morgan fingerprint density at radius 1 is 1.25 bits per heavy atom. The summed E-state index contributed by atoms with van der Waals surface area (Å²) in [6, 6.07) is 8.58. The molecule has 0 bridgehead atoms. The highest BCUT2D eigenvalue weighted by molar-refractivity contribution is 5.35. The second-order valence-electron chi connectivity index (χ2n) is 4.98. The van der Waals surface area contributed by atoms with Crippen LogP contribution in [0.25, 0.3) is 0 Å². The Bertz CT molecular complexity index is 550. The summed E-state index contributed by atoms with van der Waals surface area (Å²) in [5.41, 5.74) is 2.37. The maximum absolute atomic E-state index is 5.42. The lowest BCUT2D eigenvalue weighted by Gasteiger charge is -2.21. The fraction of sp³-hybridized carbons (Fsp3) is 0.438. The zero-order valence-corrected chi connectivity index (χ0v) is 12.6. The van der Waals surface area contributed by atoms with Gasteiger partial charge in [-0.3, -0.25) is 4.68 Å². The third-order valence-corrected chi connectivity index (χ3v) is 3.58. The normalized spacial score (nSPS) is 14.0. The summed E-state index contributed by atoms with van der Waals surface area (Å²) < 4.78 is 7.36. The number of hydrogen-bond acceptors (Lipinski definition) is 3. The molecular weight excluding hydrogens is 250 g/mol. The summed E-state index contributed by atoms with van der Waals surface area (Å²) in [6.45, 7) is 7.29. The molecule has 1 heterocycles. The van der Waals surface area contributed by atoms with E-state index in [4.69, 9.17) is 4.74 Å². The van der Waals surface area contributed by atoms with Crippen molar-refractivity contribution in [2.75, 3.05) is 7.11 Å². The molecule has 0 saturated carbocycles. The van der Waals surface area contributed by atoms with E-state index in [0.717, 1.165) is 12.3 Å². The zero-order valence-electron chi connectivity index (χ0n) is 12.6. The lowest BCUT2D eigenvalue weighted by Crippen LogP contribution is -2.22. The minimum absolute atomic E-state index is 0.214. The first-order valence-corrected chi connectivity index (χ1v) is 7.07. The average Bonchev–Trinajstić information content (AvgIpc) is 2.96. The van der Waals surface area contributed by atoms with Crippen LogP contribution in [0, 0.1) is 0 Å². The Morgan fingerprint density at radius 3 is 2.65 bits per heavy atom. The molecule has 2 aromatic rings. The van der Waals surface area contributed by atoms with Crippen molar-refractivity contribution in [3.05, 3.63) is 47.8 Å². The van der Waals surface area contributed by atoms with Crippen molar-refractivity contribution in [2.45, 2.75) is 39.4 Å². The third-order valence-electron chi connectivity index (χ3n) is 3.58. The van der Waals surface area contributed by atoms with Crippen LogP contribution in [-0.4, -0.2) is 16.9 Å². The van der Waals surface area contributed by atoms with Crippen LogP contribution < -0.4 is 10.1 Å². The molecule has 2 rings (SSSR count). The molecule has 2 unspecified atom stereocenters. The molecule has 1 aromatic carbocycles. The van der Waals surface area contributed by atoms with Crippen molar-refractivity contribution in [3.63, 3.8) is 0 Å². The Morgan fingerprint density at radius 2 is 2.00 bits per heavy atom. The molecule has 1 N–H and O–H groups in total. The number of methoxy groups -OCH3 is 1. The molecule has 0 aliphatic carbocycles. The van der Waals surface area contributed by atoms with Gasteiger partial charge in [0, 0.05) is 36.0 Å². The molecular formula is C16H23N3O. The minimum atomic E-state index is 0.214. The van der Waals surface area contributed by atoms with E-state index in [2.05, 4.69) is 43.4 Å². The topological polar surface area (TPSA) is 39.1 Å². The molecule has 0 fully saturated rings. The molecule has 0 radical (unpaired) electrons. The van der Waals surface area contributed by atoms with E-state index in [-0.39, 0.29) is 12.1 Å². The summed E-state index contributed by atoms with van der Waals surface area (Å²) in [5, 5.41) is 7.91. The number of nitrogens with zero attached hydrogens (tertiary/aromatic N) is 2. The van der Waals surface area contributed by atoms with E-state index >= 15 is 0 Å². The summed E-state index contributed by atoms with van der Waals surface area (Å²) in [4.78, 5) is 0. The van der Waals surface area contributed by atoms with Crippen LogP contribution in [0.2, 0.25) is 0 Å². The molecule has 108 valence electrons. The number of nitrogens with one attached hydrogen (secondary N) is 1. The van der Waals surface area contributed by atoms with Gasteiger partial charge < -0.3 is 10.1 Å². The molecule has 1 aromatic heterocycles. The Hall–Kier alpha value is -1.81. The monoisotopic (exact) mass is 273 g/mol. The van der Waals surface area contributed by atoms with Crippen LogP contribution in [0.4, 0.5) is 0 Å². The Labute approximate surface area is 120 Å². The summed E-state index contributed by atoms with van der Waals surface area (Å²) in [7, 11) is 1.71. The molecule has 0 aliphatic rings. The predicted octanol–water partition coefficient (Wildman–Crippen LogP) is 3.32. The number of aryl methyl sites for hydroxylation is 1. The highest BCUT2D eigenvalue weighted by Crippen LogP contribution is 2.26. The maximum Gasteiger partial charge on any atom is 0.123 e. The number of para-hydroxylation sites is 1. The summed E-state index contributed by atoms with van der Waals surface area (Å²) in [5.74, 6) is 0.920. The SMILES string of the molecule is CCn1cc(C(C)NC(C)c2ccccc2OC)cn1. The van der Waals surface area contributed by atoms with Crippen molar-refractivity contribution in [1.29, 1.82) is 0 Å².